The van der Waals surface area contributed by atoms with Crippen LogP contribution in [0.1, 0.15) is 96.9 Å². The van der Waals surface area contributed by atoms with Crippen molar-refractivity contribution in [2.75, 3.05) is 18.0 Å². The van der Waals surface area contributed by atoms with Crippen LogP contribution in [-0.2, 0) is 22.9 Å². The highest BCUT2D eigenvalue weighted by atomic mass is 31.2. The first-order chi connectivity index (χ1) is 25.2. The van der Waals surface area contributed by atoms with Crippen LogP contribution < -0.4 is 4.90 Å². The molecule has 1 fully saturated rings. The van der Waals surface area contributed by atoms with E-state index in [0.717, 1.165) is 0 Å². The van der Waals surface area contributed by atoms with E-state index in [1.165, 1.54) is 4.57 Å². The van der Waals surface area contributed by atoms with Crippen LogP contribution in [0.15, 0.2) is 55.0 Å². The van der Waals surface area contributed by atoms with Crippen molar-refractivity contribution >= 4 is 47.6 Å². The van der Waals surface area contributed by atoms with E-state index < -0.39 is 30.7 Å². The molecular formula is C39H46N7O7P. The van der Waals surface area contributed by atoms with E-state index in [9.17, 15) is 19.4 Å². The van der Waals surface area contributed by atoms with Gasteiger partial charge in [0.25, 0.3) is 0 Å². The van der Waals surface area contributed by atoms with Gasteiger partial charge in [-0.15, -0.1) is 0 Å². The Morgan fingerprint density at radius 1 is 0.889 bits per heavy atom. The zero-order valence-electron chi connectivity index (χ0n) is 32.1. The lowest BCUT2D eigenvalue weighted by atomic mass is 9.95. The Hall–Kier alpha value is -4.93. The van der Waals surface area contributed by atoms with Crippen molar-refractivity contribution in [3.8, 4) is 17.2 Å². The number of imidazole rings is 1. The summed E-state index contributed by atoms with van der Waals surface area (Å²) in [5, 5.41) is 10.7. The van der Waals surface area contributed by atoms with Crippen molar-refractivity contribution in [1.82, 2.24) is 24.5 Å². The van der Waals surface area contributed by atoms with Crippen molar-refractivity contribution < 1.29 is 32.5 Å². The summed E-state index contributed by atoms with van der Waals surface area (Å²) in [6.07, 6.45) is 5.02. The first-order valence-corrected chi connectivity index (χ1v) is 19.3. The van der Waals surface area contributed by atoms with Crippen molar-refractivity contribution in [1.29, 1.82) is 5.26 Å². The molecule has 15 heteroatoms. The summed E-state index contributed by atoms with van der Waals surface area (Å²) in [7, 11) is -3.85. The molecule has 284 valence electrons. The largest absolute Gasteiger partial charge is 0.476 e. The molecule has 0 saturated carbocycles. The molecule has 0 bridgehead atoms. The van der Waals surface area contributed by atoms with Gasteiger partial charge in [-0.1, -0.05) is 0 Å². The van der Waals surface area contributed by atoms with Crippen LogP contribution in [0.2, 0.25) is 0 Å². The molecule has 0 spiro atoms. The van der Waals surface area contributed by atoms with Crippen LogP contribution in [0.5, 0.6) is 0 Å². The van der Waals surface area contributed by atoms with Crippen LogP contribution in [0.25, 0.3) is 33.2 Å². The highest BCUT2D eigenvalue weighted by Gasteiger charge is 2.40. The quantitative estimate of drug-likeness (QED) is 0.118. The van der Waals surface area contributed by atoms with E-state index in [-0.39, 0.29) is 17.7 Å². The fourth-order valence-corrected chi connectivity index (χ4v) is 8.20. The molecule has 1 aromatic carbocycles. The van der Waals surface area contributed by atoms with Gasteiger partial charge >= 0.3 is 13.9 Å². The number of pyridine rings is 2. The van der Waals surface area contributed by atoms with Gasteiger partial charge in [-0.25, -0.2) is 19.3 Å². The fraction of sp³-hybridized carbons (Fsp3) is 0.436. The maximum absolute atomic E-state index is 13.8. The van der Waals surface area contributed by atoms with Gasteiger partial charge in [-0.2, -0.15) is 5.26 Å². The summed E-state index contributed by atoms with van der Waals surface area (Å²) in [5.41, 5.74) is 1.03. The number of ether oxygens (including phenoxy) is 1. The molecule has 5 aromatic rings. The average Bonchev–Trinajstić information content (AvgIpc) is 3.70. The number of fused-ring (bicyclic) bond motifs is 2. The van der Waals surface area contributed by atoms with Gasteiger partial charge in [0, 0.05) is 47.6 Å². The number of rotatable bonds is 8. The van der Waals surface area contributed by atoms with E-state index in [4.69, 9.17) is 23.3 Å². The molecule has 4 aromatic heterocycles. The Morgan fingerprint density at radius 2 is 1.57 bits per heavy atom. The molecule has 54 heavy (non-hydrogen) atoms. The number of nitrogens with one attached hydrogen (secondary N) is 1. The Kier molecular flexibility index (Phi) is 10.3. The van der Waals surface area contributed by atoms with Gasteiger partial charge in [-0.05, 0) is 112 Å². The average molecular weight is 756 g/mol. The maximum atomic E-state index is 13.8. The summed E-state index contributed by atoms with van der Waals surface area (Å²) < 4.78 is 38.2. The SMILES string of the molecule is CC(C)(C)OC(=O)n1ccc2c(-c3cc(C(=O)c4nc5ccc(N6CCC(OP(=O)(OC(C)(C)C)OC(C)(C)C)CC6)nc5[nH]4)ccc3C#N)cncc21. The highest BCUT2D eigenvalue weighted by molar-refractivity contribution is 7.48. The van der Waals surface area contributed by atoms with Gasteiger partial charge in [0.15, 0.2) is 11.5 Å². The monoisotopic (exact) mass is 755 g/mol. The number of aromatic nitrogens is 5. The number of aromatic amines is 1. The number of nitriles is 1. The van der Waals surface area contributed by atoms with Crippen molar-refractivity contribution in [3.63, 3.8) is 0 Å². The lowest BCUT2D eigenvalue weighted by molar-refractivity contribution is -0.0143. The molecular weight excluding hydrogens is 709 g/mol. The minimum absolute atomic E-state index is 0.0956. The van der Waals surface area contributed by atoms with Crippen LogP contribution in [0, 0.1) is 11.3 Å². The number of hydrogen-bond donors (Lipinski definition) is 1. The molecule has 1 aliphatic rings. The molecule has 1 saturated heterocycles. The van der Waals surface area contributed by atoms with Crippen molar-refractivity contribution in [2.24, 2.45) is 0 Å². The van der Waals surface area contributed by atoms with Crippen molar-refractivity contribution in [2.45, 2.75) is 98.1 Å². The summed E-state index contributed by atoms with van der Waals surface area (Å²) in [6, 6.07) is 12.4. The van der Waals surface area contributed by atoms with E-state index in [1.807, 2.05) is 53.7 Å². The molecule has 0 atom stereocenters. The number of anilines is 1. The summed E-state index contributed by atoms with van der Waals surface area (Å²) in [5.74, 6) is 0.408. The van der Waals surface area contributed by atoms with Crippen LogP contribution in [0.4, 0.5) is 10.6 Å². The van der Waals surface area contributed by atoms with Crippen LogP contribution in [-0.4, -0.2) is 72.4 Å². The van der Waals surface area contributed by atoms with E-state index in [2.05, 4.69) is 25.9 Å². The van der Waals surface area contributed by atoms with Gasteiger partial charge in [0.05, 0.1) is 40.7 Å². The standard InChI is InChI=1S/C39H46N7O7P/c1-37(2,3)50-36(48)46-19-16-27-29(22-41-23-31(27)46)28-20-24(10-11-25(28)21-40)33(47)35-42-30-12-13-32(43-34(30)44-35)45-17-14-26(15-18-45)51-54(49,52-38(4,5)6)53-39(7,8)9/h10-13,16,19-20,22-23,26H,14-15,17-18H2,1-9H3,(H,42,43,44). The molecule has 6 rings (SSSR count). The molecule has 0 radical (unpaired) electrons. The first-order valence-electron chi connectivity index (χ1n) is 17.8. The summed E-state index contributed by atoms with van der Waals surface area (Å²) >= 11 is 0. The fourth-order valence-electron chi connectivity index (χ4n) is 6.16. The second kappa shape index (κ2) is 14.4. The topological polar surface area (TPSA) is 175 Å². The zero-order valence-corrected chi connectivity index (χ0v) is 33.0. The maximum Gasteiger partial charge on any atom is 0.476 e. The number of ketones is 1. The van der Waals surface area contributed by atoms with E-state index in [1.54, 1.807) is 63.6 Å². The predicted molar refractivity (Wildman–Crippen MR) is 204 cm³/mol. The van der Waals surface area contributed by atoms with Gasteiger partial charge in [0.1, 0.15) is 16.9 Å². The zero-order chi connectivity index (χ0) is 39.2. The number of phosphoric acid groups is 1. The number of benzene rings is 1. The number of carbonyl (C=O) groups excluding carboxylic acids is 2. The lowest BCUT2D eigenvalue weighted by Crippen LogP contribution is -2.38. The normalized spacial score (nSPS) is 14.8. The van der Waals surface area contributed by atoms with Crippen LogP contribution >= 0.6 is 7.82 Å². The Morgan fingerprint density at radius 3 is 2.20 bits per heavy atom. The number of piperidine rings is 1. The number of H-pyrrole nitrogens is 1. The van der Waals surface area contributed by atoms with Gasteiger partial charge < -0.3 is 14.6 Å². The molecule has 1 N–H and O–H groups in total. The first kappa shape index (κ1) is 38.8. The number of carbonyl (C=O) groups is 2. The predicted octanol–water partition coefficient (Wildman–Crippen LogP) is 8.58. The molecule has 0 amide bonds. The molecule has 0 unspecified atom stereocenters. The van der Waals surface area contributed by atoms with Crippen LogP contribution in [0.3, 0.4) is 0 Å². The third kappa shape index (κ3) is 8.88. The van der Waals surface area contributed by atoms with Gasteiger partial charge in [0.2, 0.25) is 5.78 Å². The third-order valence-electron chi connectivity index (χ3n) is 8.26. The smallest absolute Gasteiger partial charge is 0.443 e. The Labute approximate surface area is 314 Å². The molecule has 1 aliphatic heterocycles. The lowest BCUT2D eigenvalue weighted by Gasteiger charge is -2.36. The summed E-state index contributed by atoms with van der Waals surface area (Å²) in [4.78, 5) is 45.6. The van der Waals surface area contributed by atoms with Gasteiger partial charge in [-0.3, -0.25) is 27.9 Å². The number of hydrogen-bond acceptors (Lipinski definition) is 12. The number of nitrogens with zero attached hydrogens (tertiary/aromatic N) is 6. The Bertz CT molecular complexity index is 2290. The summed E-state index contributed by atoms with van der Waals surface area (Å²) in [6.45, 7) is 17.4. The third-order valence-corrected chi connectivity index (χ3v) is 10.4. The second-order valence-corrected chi connectivity index (χ2v) is 17.7. The van der Waals surface area contributed by atoms with Crippen molar-refractivity contribution in [3.05, 3.63) is 71.9 Å². The Balaban J connectivity index is 1.20. The highest BCUT2D eigenvalue weighted by Crippen LogP contribution is 2.57. The molecule has 14 nitrogen and oxygen atoms in total. The number of phosphoric ester groups is 1. The molecule has 0 aliphatic carbocycles. The van der Waals surface area contributed by atoms with E-state index >= 15 is 0 Å². The van der Waals surface area contributed by atoms with E-state index in [0.29, 0.717) is 76.1 Å². The minimum atomic E-state index is -3.85. The second-order valence-electron chi connectivity index (χ2n) is 16.3. The minimum Gasteiger partial charge on any atom is -0.443 e. The molecule has 5 heterocycles.